The Labute approximate surface area is 313 Å². The predicted molar refractivity (Wildman–Crippen MR) is 231 cm³/mol. The van der Waals surface area contributed by atoms with Crippen molar-refractivity contribution in [3.8, 4) is 44.5 Å². The first-order chi connectivity index (χ1) is 26.8. The van der Waals surface area contributed by atoms with E-state index in [1.165, 1.54) is 98.2 Å². The average molecular weight is 684 g/mol. The van der Waals surface area contributed by atoms with Crippen LogP contribution in [0.3, 0.4) is 0 Å². The minimum Gasteiger partial charge on any atom is -0.256 e. The molecule has 1 heterocycles. The van der Waals surface area contributed by atoms with Crippen LogP contribution in [0.5, 0.6) is 0 Å². The molecule has 0 atom stereocenters. The fraction of sp³-hybridized carbons (Fsp3) is 0. The fourth-order valence-corrected chi connectivity index (χ4v) is 8.99. The van der Waals surface area contributed by atoms with Crippen molar-refractivity contribution in [3.05, 3.63) is 200 Å². The maximum atomic E-state index is 5.00. The molecule has 0 fully saturated rings. The van der Waals surface area contributed by atoms with Gasteiger partial charge in [0.1, 0.15) is 0 Å². The van der Waals surface area contributed by atoms with Gasteiger partial charge >= 0.3 is 0 Å². The van der Waals surface area contributed by atoms with Gasteiger partial charge in [-0.3, -0.25) is 4.98 Å². The van der Waals surface area contributed by atoms with Crippen LogP contribution in [0.2, 0.25) is 0 Å². The van der Waals surface area contributed by atoms with Gasteiger partial charge in [-0.25, -0.2) is 0 Å². The highest BCUT2D eigenvalue weighted by atomic mass is 14.7. The van der Waals surface area contributed by atoms with Crippen LogP contribution in [-0.2, 0) is 0 Å². The second-order valence-corrected chi connectivity index (χ2v) is 14.2. The van der Waals surface area contributed by atoms with Crippen LogP contribution in [0.25, 0.3) is 109 Å². The van der Waals surface area contributed by atoms with E-state index in [0.29, 0.717) is 0 Å². The summed E-state index contributed by atoms with van der Waals surface area (Å²) in [5, 5.41) is 13.6. The first-order valence-corrected chi connectivity index (χ1v) is 18.6. The Balaban J connectivity index is 1.23. The zero-order valence-corrected chi connectivity index (χ0v) is 29.5. The molecule has 250 valence electrons. The molecule has 1 nitrogen and oxygen atoms in total. The van der Waals surface area contributed by atoms with Gasteiger partial charge in [0.25, 0.3) is 0 Å². The predicted octanol–water partition coefficient (Wildman–Crippen LogP) is 14.7. The van der Waals surface area contributed by atoms with Crippen LogP contribution in [0.1, 0.15) is 0 Å². The largest absolute Gasteiger partial charge is 0.256 e. The van der Waals surface area contributed by atoms with E-state index in [4.69, 9.17) is 4.98 Å². The Kier molecular flexibility index (Phi) is 6.93. The van der Waals surface area contributed by atoms with Gasteiger partial charge in [0.05, 0.1) is 5.52 Å². The monoisotopic (exact) mass is 683 g/mol. The van der Waals surface area contributed by atoms with Crippen molar-refractivity contribution < 1.29 is 0 Å². The molecule has 0 N–H and O–H groups in total. The van der Waals surface area contributed by atoms with Crippen molar-refractivity contribution in [2.75, 3.05) is 0 Å². The second kappa shape index (κ2) is 12.3. The minimum atomic E-state index is 1.02. The first-order valence-electron chi connectivity index (χ1n) is 18.6. The molecule has 0 aliphatic heterocycles. The number of benzene rings is 10. The Bertz CT molecular complexity index is 3000. The summed E-state index contributed by atoms with van der Waals surface area (Å²) in [4.78, 5) is 5.00. The van der Waals surface area contributed by atoms with Gasteiger partial charge in [-0.2, -0.15) is 0 Å². The number of fused-ring (bicyclic) bond motifs is 8. The van der Waals surface area contributed by atoms with E-state index in [2.05, 4.69) is 188 Å². The molecule has 54 heavy (non-hydrogen) atoms. The molecule has 0 aliphatic rings. The van der Waals surface area contributed by atoms with E-state index < -0.39 is 0 Å². The van der Waals surface area contributed by atoms with E-state index in [9.17, 15) is 0 Å². The topological polar surface area (TPSA) is 12.9 Å². The molecule has 11 aromatic rings. The Hall–Kier alpha value is -7.09. The summed E-state index contributed by atoms with van der Waals surface area (Å²) in [6, 6.07) is 71.1. The Morgan fingerprint density at radius 1 is 0.241 bits per heavy atom. The van der Waals surface area contributed by atoms with Crippen molar-refractivity contribution in [1.82, 2.24) is 4.98 Å². The van der Waals surface area contributed by atoms with E-state index in [0.717, 1.165) is 11.1 Å². The van der Waals surface area contributed by atoms with Crippen LogP contribution in [-0.4, -0.2) is 4.98 Å². The molecule has 11 rings (SSSR count). The summed E-state index contributed by atoms with van der Waals surface area (Å²) in [5.41, 5.74) is 10.8. The van der Waals surface area contributed by atoms with Crippen LogP contribution in [0.4, 0.5) is 0 Å². The van der Waals surface area contributed by atoms with Crippen LogP contribution >= 0.6 is 0 Å². The van der Waals surface area contributed by atoms with Crippen molar-refractivity contribution in [2.24, 2.45) is 0 Å². The first kappa shape index (κ1) is 30.5. The summed E-state index contributed by atoms with van der Waals surface area (Å²) in [7, 11) is 0. The van der Waals surface area contributed by atoms with Gasteiger partial charge in [-0.1, -0.05) is 176 Å². The highest BCUT2D eigenvalue weighted by Crippen LogP contribution is 2.49. The summed E-state index contributed by atoms with van der Waals surface area (Å²) in [6.07, 6.45) is 1.92. The van der Waals surface area contributed by atoms with E-state index in [1.807, 2.05) is 12.3 Å². The van der Waals surface area contributed by atoms with Crippen molar-refractivity contribution in [1.29, 1.82) is 0 Å². The van der Waals surface area contributed by atoms with E-state index in [1.54, 1.807) is 0 Å². The van der Waals surface area contributed by atoms with Gasteiger partial charge in [-0.05, 0) is 111 Å². The van der Waals surface area contributed by atoms with Crippen LogP contribution in [0, 0.1) is 0 Å². The molecule has 0 saturated carbocycles. The van der Waals surface area contributed by atoms with Crippen molar-refractivity contribution >= 4 is 64.8 Å². The molecule has 0 radical (unpaired) electrons. The summed E-state index contributed by atoms with van der Waals surface area (Å²) >= 11 is 0. The standard InChI is InChI=1S/C53H33N/c1-3-18-36-34(16-1)32-49(39-21-6-5-20-38(36)39)40-22-7-9-24-42(40)51-44-26-11-13-28-46(44)52(47-29-14-12-27-45(47)51)43-25-10-8-23-41(43)50-33-35-17-2-4-19-37(35)48-30-15-31-54-53(48)50/h1-33H. The fourth-order valence-electron chi connectivity index (χ4n) is 8.99. The van der Waals surface area contributed by atoms with Gasteiger partial charge < -0.3 is 0 Å². The van der Waals surface area contributed by atoms with Gasteiger partial charge in [0.15, 0.2) is 0 Å². The molecule has 0 aliphatic carbocycles. The molecule has 0 spiro atoms. The highest BCUT2D eigenvalue weighted by Gasteiger charge is 2.22. The summed E-state index contributed by atoms with van der Waals surface area (Å²) in [6.45, 7) is 0. The molecule has 10 aromatic carbocycles. The van der Waals surface area contributed by atoms with Crippen LogP contribution < -0.4 is 0 Å². The molecular weight excluding hydrogens is 651 g/mol. The lowest BCUT2D eigenvalue weighted by Crippen LogP contribution is -1.95. The maximum absolute atomic E-state index is 5.00. The molecule has 1 heteroatoms. The number of aromatic nitrogens is 1. The molecule has 0 saturated heterocycles. The maximum Gasteiger partial charge on any atom is 0.0786 e. The second-order valence-electron chi connectivity index (χ2n) is 14.2. The van der Waals surface area contributed by atoms with E-state index >= 15 is 0 Å². The lowest BCUT2D eigenvalue weighted by molar-refractivity contribution is 1.42. The summed E-state index contributed by atoms with van der Waals surface area (Å²) < 4.78 is 0. The van der Waals surface area contributed by atoms with Gasteiger partial charge in [0.2, 0.25) is 0 Å². The third-order valence-electron chi connectivity index (χ3n) is 11.3. The lowest BCUT2D eigenvalue weighted by atomic mass is 9.81. The average Bonchev–Trinajstić information content (AvgIpc) is 3.25. The van der Waals surface area contributed by atoms with Gasteiger partial charge in [0, 0.05) is 17.1 Å². The Morgan fingerprint density at radius 2 is 0.611 bits per heavy atom. The zero-order valence-electron chi connectivity index (χ0n) is 29.5. The zero-order chi connectivity index (χ0) is 35.6. The number of hydrogen-bond acceptors (Lipinski definition) is 1. The minimum absolute atomic E-state index is 1.02. The normalized spacial score (nSPS) is 11.7. The Morgan fingerprint density at radius 3 is 1.17 bits per heavy atom. The smallest absolute Gasteiger partial charge is 0.0786 e. The number of nitrogens with zero attached hydrogens (tertiary/aromatic N) is 1. The lowest BCUT2D eigenvalue weighted by Gasteiger charge is -2.22. The molecule has 1 aromatic heterocycles. The number of pyridine rings is 1. The molecule has 0 amide bonds. The summed E-state index contributed by atoms with van der Waals surface area (Å²) in [5.74, 6) is 0. The molecule has 0 unspecified atom stereocenters. The van der Waals surface area contributed by atoms with Crippen molar-refractivity contribution in [3.63, 3.8) is 0 Å². The third kappa shape index (κ3) is 4.62. The van der Waals surface area contributed by atoms with Crippen molar-refractivity contribution in [2.45, 2.75) is 0 Å². The molecule has 0 bridgehead atoms. The van der Waals surface area contributed by atoms with Crippen LogP contribution in [0.15, 0.2) is 200 Å². The quantitative estimate of drug-likeness (QED) is 0.133. The highest BCUT2D eigenvalue weighted by molar-refractivity contribution is 6.25. The number of hydrogen-bond donors (Lipinski definition) is 0. The van der Waals surface area contributed by atoms with Gasteiger partial charge in [-0.15, -0.1) is 0 Å². The molecular formula is C53H33N. The SMILES string of the molecule is c1ccc(-c2cc3ccccc3c3ccccc23)c(-c2c3ccccc3c(-c3ccccc3-c3cc4ccccc4c4cccnc34)c3ccccc23)c1. The third-order valence-corrected chi connectivity index (χ3v) is 11.3. The number of rotatable bonds is 4. The van der Waals surface area contributed by atoms with E-state index in [-0.39, 0.29) is 0 Å².